The Kier molecular flexibility index (Phi) is 8.38. The largest absolute Gasteiger partial charge is 0.495 e. The molecule has 3 heterocycles. The Balaban J connectivity index is 1.41. The van der Waals surface area contributed by atoms with Crippen LogP contribution in [0.25, 0.3) is 0 Å². The third-order valence-corrected chi connectivity index (χ3v) is 8.26. The molecule has 10 nitrogen and oxygen atoms in total. The number of hydrogen-bond acceptors (Lipinski definition) is 8. The number of nitrogens with zero attached hydrogens (tertiary/aromatic N) is 5. The average molecular weight is 546 g/mol. The molecule has 1 saturated carbocycles. The molecule has 1 saturated heterocycles. The zero-order valence-electron chi connectivity index (χ0n) is 23.7. The van der Waals surface area contributed by atoms with Crippen LogP contribution in [-0.2, 0) is 4.79 Å². The molecule has 1 aliphatic carbocycles. The molecule has 1 aromatic carbocycles. The Bertz CT molecular complexity index is 1290. The molecule has 1 unspecified atom stereocenters. The van der Waals surface area contributed by atoms with Gasteiger partial charge in [0, 0.05) is 24.7 Å². The normalized spacial score (nSPS) is 20.5. The zero-order valence-corrected chi connectivity index (χ0v) is 23.7. The second-order valence-corrected chi connectivity index (χ2v) is 10.9. The third kappa shape index (κ3) is 5.83. The Hall–Kier alpha value is -3.88. The van der Waals surface area contributed by atoms with E-state index in [1.54, 1.807) is 37.4 Å². The summed E-state index contributed by atoms with van der Waals surface area (Å²) in [5, 5.41) is 6.43. The summed E-state index contributed by atoms with van der Waals surface area (Å²) in [6.07, 6.45) is 10.1. The van der Waals surface area contributed by atoms with E-state index in [0.29, 0.717) is 40.9 Å². The summed E-state index contributed by atoms with van der Waals surface area (Å²) in [5.74, 6) is 1.50. The fourth-order valence-electron chi connectivity index (χ4n) is 5.94. The van der Waals surface area contributed by atoms with Gasteiger partial charge in [0.1, 0.15) is 11.4 Å². The van der Waals surface area contributed by atoms with Gasteiger partial charge in [0.2, 0.25) is 11.9 Å². The first-order chi connectivity index (χ1) is 19.4. The number of benzene rings is 1. The van der Waals surface area contributed by atoms with Crippen LogP contribution in [-0.4, -0.2) is 79.1 Å². The number of methoxy groups -OCH3 is 1. The van der Waals surface area contributed by atoms with Gasteiger partial charge in [-0.05, 0) is 70.1 Å². The molecule has 2 amide bonds. The van der Waals surface area contributed by atoms with E-state index in [4.69, 9.17) is 9.72 Å². The van der Waals surface area contributed by atoms with Gasteiger partial charge in [0.05, 0.1) is 31.5 Å². The van der Waals surface area contributed by atoms with Crippen LogP contribution in [0.3, 0.4) is 0 Å². The second kappa shape index (κ2) is 12.1. The fraction of sp³-hybridized carbons (Fsp3) is 0.500. The third-order valence-electron chi connectivity index (χ3n) is 8.26. The Morgan fingerprint density at radius 1 is 1.18 bits per heavy atom. The SMILES string of the molecule is C=C=CC1CC(=O)N(C)c2cnc(Nc3ccc(C(=O)NC4CCN(C)CC4)cc3OC)nc2N1C1CCCC1. The van der Waals surface area contributed by atoms with E-state index in [0.717, 1.165) is 51.6 Å². The molecule has 0 bridgehead atoms. The molecule has 3 aliphatic rings. The van der Waals surface area contributed by atoms with Gasteiger partial charge < -0.3 is 30.1 Å². The zero-order chi connectivity index (χ0) is 28.2. The highest BCUT2D eigenvalue weighted by Gasteiger charge is 2.36. The Morgan fingerprint density at radius 2 is 1.93 bits per heavy atom. The van der Waals surface area contributed by atoms with E-state index >= 15 is 0 Å². The number of amides is 2. The number of ether oxygens (including phenoxy) is 1. The minimum absolute atomic E-state index is 0.00154. The van der Waals surface area contributed by atoms with E-state index < -0.39 is 0 Å². The lowest BCUT2D eigenvalue weighted by molar-refractivity contribution is -0.118. The number of carbonyl (C=O) groups excluding carboxylic acids is 2. The molecule has 40 heavy (non-hydrogen) atoms. The number of aromatic nitrogens is 2. The summed E-state index contributed by atoms with van der Waals surface area (Å²) in [4.78, 5) is 41.6. The number of anilines is 4. The van der Waals surface area contributed by atoms with Crippen molar-refractivity contribution in [3.8, 4) is 5.75 Å². The summed E-state index contributed by atoms with van der Waals surface area (Å²) in [7, 11) is 5.44. The Labute approximate surface area is 236 Å². The molecular formula is C30H39N7O3. The highest BCUT2D eigenvalue weighted by atomic mass is 16.5. The number of likely N-dealkylation sites (tertiary alicyclic amines) is 1. The maximum Gasteiger partial charge on any atom is 0.251 e. The topological polar surface area (TPSA) is 103 Å². The van der Waals surface area contributed by atoms with Gasteiger partial charge in [-0.1, -0.05) is 19.4 Å². The standard InChI is InChI=1S/C30H39N7O3/c1-5-8-23-18-27(38)36(3)25-19-31-30(34-28(25)37(23)22-9-6-7-10-22)33-24-12-11-20(17-26(24)40-4)29(39)32-21-13-15-35(2)16-14-21/h8,11-12,17,19,21-23H,1,6-7,9-10,13-16,18H2,2-4H3,(H,32,39)(H,31,33,34). The lowest BCUT2D eigenvalue weighted by atomic mass is 10.0. The fourth-order valence-corrected chi connectivity index (χ4v) is 5.94. The van der Waals surface area contributed by atoms with Crippen LogP contribution in [0.15, 0.2) is 42.8 Å². The number of fused-ring (bicyclic) bond motifs is 1. The van der Waals surface area contributed by atoms with Crippen LogP contribution in [0.1, 0.15) is 55.3 Å². The molecule has 2 aliphatic heterocycles. The summed E-state index contributed by atoms with van der Waals surface area (Å²) in [6.45, 7) is 5.73. The highest BCUT2D eigenvalue weighted by Crippen LogP contribution is 2.39. The van der Waals surface area contributed by atoms with Crippen molar-refractivity contribution in [2.45, 2.75) is 63.1 Å². The van der Waals surface area contributed by atoms with E-state index in [1.807, 2.05) is 12.1 Å². The number of nitrogens with one attached hydrogen (secondary N) is 2. The van der Waals surface area contributed by atoms with Crippen LogP contribution in [0.2, 0.25) is 0 Å². The summed E-state index contributed by atoms with van der Waals surface area (Å²) in [5.41, 5.74) is 4.76. The first-order valence-corrected chi connectivity index (χ1v) is 14.1. The molecule has 2 fully saturated rings. The van der Waals surface area contributed by atoms with Crippen molar-refractivity contribution in [1.82, 2.24) is 20.2 Å². The first-order valence-electron chi connectivity index (χ1n) is 14.1. The lowest BCUT2D eigenvalue weighted by Gasteiger charge is -2.34. The van der Waals surface area contributed by atoms with Crippen molar-refractivity contribution in [1.29, 1.82) is 0 Å². The van der Waals surface area contributed by atoms with E-state index in [1.165, 1.54) is 0 Å². The minimum atomic E-state index is -0.184. The maximum atomic E-state index is 13.0. The first kappa shape index (κ1) is 27.7. The predicted molar refractivity (Wildman–Crippen MR) is 157 cm³/mol. The molecule has 2 aromatic rings. The minimum Gasteiger partial charge on any atom is -0.495 e. The van der Waals surface area contributed by atoms with Gasteiger partial charge >= 0.3 is 0 Å². The van der Waals surface area contributed by atoms with Gasteiger partial charge in [0.25, 0.3) is 5.91 Å². The summed E-state index contributed by atoms with van der Waals surface area (Å²) < 4.78 is 5.64. The van der Waals surface area contributed by atoms with E-state index in [-0.39, 0.29) is 29.9 Å². The average Bonchev–Trinajstić information content (AvgIpc) is 3.46. The number of hydrogen-bond donors (Lipinski definition) is 2. The molecule has 2 N–H and O–H groups in total. The van der Waals surface area contributed by atoms with Crippen LogP contribution >= 0.6 is 0 Å². The van der Waals surface area contributed by atoms with Gasteiger partial charge in [-0.15, -0.1) is 5.73 Å². The van der Waals surface area contributed by atoms with Crippen molar-refractivity contribution in [3.63, 3.8) is 0 Å². The molecule has 1 atom stereocenters. The molecule has 5 rings (SSSR count). The lowest BCUT2D eigenvalue weighted by Crippen LogP contribution is -2.43. The van der Waals surface area contributed by atoms with Crippen molar-refractivity contribution in [2.75, 3.05) is 49.4 Å². The number of carbonyl (C=O) groups is 2. The summed E-state index contributed by atoms with van der Waals surface area (Å²) in [6, 6.07) is 5.58. The van der Waals surface area contributed by atoms with Crippen LogP contribution in [0.4, 0.5) is 23.1 Å². The molecule has 0 radical (unpaired) electrons. The van der Waals surface area contributed by atoms with Crippen molar-refractivity contribution in [2.24, 2.45) is 0 Å². The Morgan fingerprint density at radius 3 is 2.62 bits per heavy atom. The smallest absolute Gasteiger partial charge is 0.251 e. The van der Waals surface area contributed by atoms with E-state index in [9.17, 15) is 9.59 Å². The van der Waals surface area contributed by atoms with Gasteiger partial charge in [0.15, 0.2) is 5.82 Å². The molecule has 0 spiro atoms. The van der Waals surface area contributed by atoms with Crippen LogP contribution < -0.4 is 25.2 Å². The van der Waals surface area contributed by atoms with Gasteiger partial charge in [-0.2, -0.15) is 4.98 Å². The predicted octanol–water partition coefficient (Wildman–Crippen LogP) is 3.88. The molecule has 212 valence electrons. The van der Waals surface area contributed by atoms with E-state index in [2.05, 4.69) is 44.8 Å². The van der Waals surface area contributed by atoms with Crippen molar-refractivity contribution in [3.05, 3.63) is 48.3 Å². The van der Waals surface area contributed by atoms with Gasteiger partial charge in [-0.25, -0.2) is 4.98 Å². The van der Waals surface area contributed by atoms with Gasteiger partial charge in [-0.3, -0.25) is 9.59 Å². The van der Waals surface area contributed by atoms with Crippen molar-refractivity contribution >= 4 is 35.0 Å². The monoisotopic (exact) mass is 545 g/mol. The molecule has 10 heteroatoms. The van der Waals surface area contributed by atoms with Crippen LogP contribution in [0.5, 0.6) is 5.75 Å². The molecule has 1 aromatic heterocycles. The maximum absolute atomic E-state index is 13.0. The molecular weight excluding hydrogens is 506 g/mol. The second-order valence-electron chi connectivity index (χ2n) is 10.9. The number of piperidine rings is 1. The quantitative estimate of drug-likeness (QED) is 0.506. The van der Waals surface area contributed by atoms with Crippen molar-refractivity contribution < 1.29 is 14.3 Å². The number of rotatable bonds is 7. The highest BCUT2D eigenvalue weighted by molar-refractivity contribution is 5.98. The van der Waals surface area contributed by atoms with Crippen LogP contribution in [0, 0.1) is 0 Å². The summed E-state index contributed by atoms with van der Waals surface area (Å²) >= 11 is 0.